The van der Waals surface area contributed by atoms with Gasteiger partial charge in [0.1, 0.15) is 0 Å². The Morgan fingerprint density at radius 2 is 1.56 bits per heavy atom. The average molecular weight is 222 g/mol. The summed E-state index contributed by atoms with van der Waals surface area (Å²) < 4.78 is 0. The highest BCUT2D eigenvalue weighted by molar-refractivity contribution is 4.90. The summed E-state index contributed by atoms with van der Waals surface area (Å²) in [6.45, 7) is 6.11. The van der Waals surface area contributed by atoms with Crippen LogP contribution in [0.15, 0.2) is 12.7 Å². The molecule has 16 heavy (non-hydrogen) atoms. The number of rotatable bonds is 11. The molecule has 0 aliphatic heterocycles. The number of allylic oxidation sites excluding steroid dienone is 1. The van der Waals surface area contributed by atoms with Gasteiger partial charge in [-0.25, -0.2) is 0 Å². The third-order valence-electron chi connectivity index (χ3n) is 3.97. The van der Waals surface area contributed by atoms with Gasteiger partial charge < -0.3 is 0 Å². The lowest BCUT2D eigenvalue weighted by Gasteiger charge is -2.01. The summed E-state index contributed by atoms with van der Waals surface area (Å²) >= 11 is 0. The molecule has 0 amide bonds. The molecule has 0 bridgehead atoms. The third kappa shape index (κ3) is 6.35. The van der Waals surface area contributed by atoms with Crippen LogP contribution in [0, 0.1) is 11.8 Å². The molecule has 0 aromatic rings. The summed E-state index contributed by atoms with van der Waals surface area (Å²) in [6.07, 6.45) is 18.0. The van der Waals surface area contributed by atoms with Gasteiger partial charge in [-0.2, -0.15) is 0 Å². The van der Waals surface area contributed by atoms with E-state index in [0.717, 1.165) is 11.8 Å². The maximum Gasteiger partial charge on any atom is -0.0322 e. The molecule has 0 heterocycles. The van der Waals surface area contributed by atoms with Crippen LogP contribution in [0.2, 0.25) is 0 Å². The maximum atomic E-state index is 3.82. The van der Waals surface area contributed by atoms with E-state index in [9.17, 15) is 0 Å². The lowest BCUT2D eigenvalue weighted by Crippen LogP contribution is -1.84. The predicted octanol–water partition coefficient (Wildman–Crippen LogP) is 5.73. The van der Waals surface area contributed by atoms with Crippen LogP contribution in [-0.2, 0) is 0 Å². The first-order chi connectivity index (χ1) is 7.88. The standard InChI is InChI=1S/C16H30/c1-3-5-6-7-8-9-10-11-13-16-14-15(16)12-4-2/h4,15-16H,2-3,5-14H2,1H3/t15-,16-/m1/s1. The van der Waals surface area contributed by atoms with E-state index in [1.54, 1.807) is 0 Å². The van der Waals surface area contributed by atoms with Crippen molar-refractivity contribution in [1.29, 1.82) is 0 Å². The Bertz CT molecular complexity index is 171. The molecule has 0 unspecified atom stereocenters. The van der Waals surface area contributed by atoms with Crippen LogP contribution in [0.1, 0.15) is 77.6 Å². The SMILES string of the molecule is C=CC[C@@H]1C[C@H]1CCCCCCCCCC. The molecule has 1 aliphatic carbocycles. The molecule has 0 spiro atoms. The number of hydrogen-bond acceptors (Lipinski definition) is 0. The molecule has 94 valence electrons. The molecule has 1 aliphatic rings. The Balaban J connectivity index is 1.74. The maximum absolute atomic E-state index is 3.82. The van der Waals surface area contributed by atoms with E-state index < -0.39 is 0 Å². The molecule has 0 saturated heterocycles. The lowest BCUT2D eigenvalue weighted by atomic mass is 10.1. The minimum Gasteiger partial charge on any atom is -0.103 e. The highest BCUT2D eigenvalue weighted by atomic mass is 14.4. The summed E-state index contributed by atoms with van der Waals surface area (Å²) in [7, 11) is 0. The number of unbranched alkanes of at least 4 members (excludes halogenated alkanes) is 7. The van der Waals surface area contributed by atoms with E-state index in [4.69, 9.17) is 0 Å². The van der Waals surface area contributed by atoms with Crippen molar-refractivity contribution in [2.24, 2.45) is 11.8 Å². The van der Waals surface area contributed by atoms with Gasteiger partial charge in [0.15, 0.2) is 0 Å². The summed E-state index contributed by atoms with van der Waals surface area (Å²) in [5.74, 6) is 2.08. The van der Waals surface area contributed by atoms with Crippen LogP contribution in [0.4, 0.5) is 0 Å². The normalized spacial score (nSPS) is 23.3. The van der Waals surface area contributed by atoms with Gasteiger partial charge in [-0.15, -0.1) is 6.58 Å². The molecule has 0 heteroatoms. The zero-order chi connectivity index (χ0) is 11.6. The second-order valence-corrected chi connectivity index (χ2v) is 5.54. The first-order valence-electron chi connectivity index (χ1n) is 7.49. The molecular formula is C16H30. The van der Waals surface area contributed by atoms with Crippen LogP contribution in [0.25, 0.3) is 0 Å². The molecule has 1 saturated carbocycles. The minimum absolute atomic E-state index is 1.02. The third-order valence-corrected chi connectivity index (χ3v) is 3.97. The highest BCUT2D eigenvalue weighted by Crippen LogP contribution is 2.44. The van der Waals surface area contributed by atoms with Crippen molar-refractivity contribution in [2.45, 2.75) is 77.6 Å². The lowest BCUT2D eigenvalue weighted by molar-refractivity contribution is 0.538. The van der Waals surface area contributed by atoms with Gasteiger partial charge in [0.05, 0.1) is 0 Å². The summed E-state index contributed by atoms with van der Waals surface area (Å²) in [6, 6.07) is 0. The number of hydrogen-bond donors (Lipinski definition) is 0. The van der Waals surface area contributed by atoms with Gasteiger partial charge in [-0.05, 0) is 24.7 Å². The minimum atomic E-state index is 1.02. The largest absolute Gasteiger partial charge is 0.103 e. The van der Waals surface area contributed by atoms with Crippen LogP contribution >= 0.6 is 0 Å². The smallest absolute Gasteiger partial charge is 0.0322 e. The molecule has 2 atom stereocenters. The van der Waals surface area contributed by atoms with Gasteiger partial charge in [-0.3, -0.25) is 0 Å². The van der Waals surface area contributed by atoms with Crippen molar-refractivity contribution in [1.82, 2.24) is 0 Å². The molecule has 0 radical (unpaired) electrons. The molecule has 1 rings (SSSR count). The van der Waals surface area contributed by atoms with Gasteiger partial charge >= 0.3 is 0 Å². The van der Waals surface area contributed by atoms with Crippen molar-refractivity contribution in [2.75, 3.05) is 0 Å². The Kier molecular flexibility index (Phi) is 7.63. The van der Waals surface area contributed by atoms with Crippen LogP contribution in [0.5, 0.6) is 0 Å². The Hall–Kier alpha value is -0.260. The van der Waals surface area contributed by atoms with E-state index in [1.165, 1.54) is 70.6 Å². The van der Waals surface area contributed by atoms with E-state index in [2.05, 4.69) is 19.6 Å². The fraction of sp³-hybridized carbons (Fsp3) is 0.875. The summed E-state index contributed by atoms with van der Waals surface area (Å²) in [5.41, 5.74) is 0. The average Bonchev–Trinajstić information content (AvgIpc) is 3.01. The molecule has 0 nitrogen and oxygen atoms in total. The van der Waals surface area contributed by atoms with E-state index in [1.807, 2.05) is 0 Å². The Morgan fingerprint density at radius 1 is 0.938 bits per heavy atom. The van der Waals surface area contributed by atoms with Gasteiger partial charge in [-0.1, -0.05) is 70.8 Å². The molecule has 1 fully saturated rings. The molecule has 0 aromatic heterocycles. The second-order valence-electron chi connectivity index (χ2n) is 5.54. The quantitative estimate of drug-likeness (QED) is 0.309. The van der Waals surface area contributed by atoms with Gasteiger partial charge in [0, 0.05) is 0 Å². The fourth-order valence-electron chi connectivity index (χ4n) is 2.71. The summed E-state index contributed by atoms with van der Waals surface area (Å²) in [4.78, 5) is 0. The molecule has 0 aromatic carbocycles. The van der Waals surface area contributed by atoms with E-state index in [-0.39, 0.29) is 0 Å². The molecule has 0 N–H and O–H groups in total. The predicted molar refractivity (Wildman–Crippen MR) is 73.6 cm³/mol. The Morgan fingerprint density at radius 3 is 2.19 bits per heavy atom. The van der Waals surface area contributed by atoms with Gasteiger partial charge in [0.25, 0.3) is 0 Å². The first kappa shape index (κ1) is 13.8. The monoisotopic (exact) mass is 222 g/mol. The fourth-order valence-corrected chi connectivity index (χ4v) is 2.71. The van der Waals surface area contributed by atoms with Crippen molar-refractivity contribution >= 4 is 0 Å². The highest BCUT2D eigenvalue weighted by Gasteiger charge is 2.34. The van der Waals surface area contributed by atoms with E-state index in [0.29, 0.717) is 0 Å². The van der Waals surface area contributed by atoms with Crippen molar-refractivity contribution in [3.63, 3.8) is 0 Å². The zero-order valence-electron chi connectivity index (χ0n) is 11.2. The second kappa shape index (κ2) is 8.84. The first-order valence-corrected chi connectivity index (χ1v) is 7.49. The van der Waals surface area contributed by atoms with Crippen LogP contribution in [-0.4, -0.2) is 0 Å². The van der Waals surface area contributed by atoms with Crippen LogP contribution < -0.4 is 0 Å². The summed E-state index contributed by atoms with van der Waals surface area (Å²) in [5, 5.41) is 0. The topological polar surface area (TPSA) is 0 Å². The van der Waals surface area contributed by atoms with Crippen molar-refractivity contribution in [3.8, 4) is 0 Å². The van der Waals surface area contributed by atoms with Crippen LogP contribution in [0.3, 0.4) is 0 Å². The van der Waals surface area contributed by atoms with Gasteiger partial charge in [0.2, 0.25) is 0 Å². The Labute approximate surface area is 103 Å². The van der Waals surface area contributed by atoms with Crippen molar-refractivity contribution in [3.05, 3.63) is 12.7 Å². The van der Waals surface area contributed by atoms with E-state index >= 15 is 0 Å². The van der Waals surface area contributed by atoms with Crippen molar-refractivity contribution < 1.29 is 0 Å². The molecular weight excluding hydrogens is 192 g/mol. The zero-order valence-corrected chi connectivity index (χ0v) is 11.2.